The van der Waals surface area contributed by atoms with E-state index >= 15 is 0 Å². The number of aromatic amines is 1. The van der Waals surface area contributed by atoms with Gasteiger partial charge in [0.2, 0.25) is 0 Å². The van der Waals surface area contributed by atoms with Crippen LogP contribution in [-0.2, 0) is 16.1 Å². The molecule has 0 aliphatic rings. The van der Waals surface area contributed by atoms with Gasteiger partial charge in [-0.2, -0.15) is 5.10 Å². The van der Waals surface area contributed by atoms with Crippen molar-refractivity contribution in [1.29, 1.82) is 0 Å². The molecule has 5 heteroatoms. The number of ether oxygens (including phenoxy) is 1. The van der Waals surface area contributed by atoms with Crippen molar-refractivity contribution in [2.75, 3.05) is 7.11 Å². The Balaban J connectivity index is 2.60. The molecule has 0 fully saturated rings. The maximum Gasteiger partial charge on any atom is 0.325 e. The summed E-state index contributed by atoms with van der Waals surface area (Å²) < 4.78 is 4.81. The molecule has 0 amide bonds. The Kier molecular flexibility index (Phi) is 4.49. The SMILES string of the molecule is CCCC(C)(NCc1ccn[nH]1)C(=O)OC. The van der Waals surface area contributed by atoms with E-state index in [1.165, 1.54) is 7.11 Å². The van der Waals surface area contributed by atoms with E-state index in [4.69, 9.17) is 4.74 Å². The minimum atomic E-state index is -0.630. The lowest BCUT2D eigenvalue weighted by molar-refractivity contribution is -0.148. The molecular formula is C11H19N3O2. The highest BCUT2D eigenvalue weighted by Gasteiger charge is 2.32. The van der Waals surface area contributed by atoms with Gasteiger partial charge in [0.15, 0.2) is 0 Å². The fraction of sp³-hybridized carbons (Fsp3) is 0.636. The number of hydrogen-bond donors (Lipinski definition) is 2. The van der Waals surface area contributed by atoms with Gasteiger partial charge in [0.05, 0.1) is 7.11 Å². The minimum Gasteiger partial charge on any atom is -0.468 e. The van der Waals surface area contributed by atoms with Crippen molar-refractivity contribution >= 4 is 5.97 Å². The van der Waals surface area contributed by atoms with Crippen LogP contribution in [-0.4, -0.2) is 28.8 Å². The van der Waals surface area contributed by atoms with Crippen LogP contribution in [0.25, 0.3) is 0 Å². The highest BCUT2D eigenvalue weighted by atomic mass is 16.5. The van der Waals surface area contributed by atoms with Crippen LogP contribution in [0.2, 0.25) is 0 Å². The second-order valence-corrected chi connectivity index (χ2v) is 4.01. The van der Waals surface area contributed by atoms with E-state index in [0.29, 0.717) is 6.54 Å². The highest BCUT2D eigenvalue weighted by Crippen LogP contribution is 2.14. The van der Waals surface area contributed by atoms with Gasteiger partial charge in [-0.15, -0.1) is 0 Å². The molecule has 1 heterocycles. The summed E-state index contributed by atoms with van der Waals surface area (Å²) in [5, 5.41) is 9.90. The standard InChI is InChI=1S/C11H19N3O2/c1-4-6-11(2,10(15)16-3)12-8-9-5-7-13-14-9/h5,7,12H,4,6,8H2,1-3H3,(H,13,14). The van der Waals surface area contributed by atoms with Crippen LogP contribution < -0.4 is 5.32 Å². The Bertz CT molecular complexity index is 324. The fourth-order valence-electron chi connectivity index (χ4n) is 1.66. The molecule has 90 valence electrons. The maximum atomic E-state index is 11.7. The zero-order valence-corrected chi connectivity index (χ0v) is 10.0. The number of esters is 1. The van der Waals surface area contributed by atoms with Gasteiger partial charge in [-0.25, -0.2) is 0 Å². The molecule has 0 aliphatic heterocycles. The molecule has 5 nitrogen and oxygen atoms in total. The second kappa shape index (κ2) is 5.65. The minimum absolute atomic E-state index is 0.228. The van der Waals surface area contributed by atoms with Crippen molar-refractivity contribution in [3.05, 3.63) is 18.0 Å². The summed E-state index contributed by atoms with van der Waals surface area (Å²) in [4.78, 5) is 11.7. The number of carbonyl (C=O) groups is 1. The summed E-state index contributed by atoms with van der Waals surface area (Å²) in [6.07, 6.45) is 3.35. The third-order valence-electron chi connectivity index (χ3n) is 2.61. The molecular weight excluding hydrogens is 206 g/mol. The molecule has 0 bridgehead atoms. The van der Waals surface area contributed by atoms with E-state index in [2.05, 4.69) is 15.5 Å². The number of hydrogen-bond acceptors (Lipinski definition) is 4. The van der Waals surface area contributed by atoms with Crippen LogP contribution >= 0.6 is 0 Å². The zero-order valence-electron chi connectivity index (χ0n) is 10.0. The predicted molar refractivity (Wildman–Crippen MR) is 60.8 cm³/mol. The summed E-state index contributed by atoms with van der Waals surface area (Å²) in [7, 11) is 1.41. The van der Waals surface area contributed by atoms with Crippen molar-refractivity contribution in [2.24, 2.45) is 0 Å². The first kappa shape index (κ1) is 12.7. The molecule has 0 radical (unpaired) electrons. The van der Waals surface area contributed by atoms with Gasteiger partial charge in [0.1, 0.15) is 5.54 Å². The van der Waals surface area contributed by atoms with E-state index in [-0.39, 0.29) is 5.97 Å². The molecule has 16 heavy (non-hydrogen) atoms. The maximum absolute atomic E-state index is 11.7. The van der Waals surface area contributed by atoms with E-state index < -0.39 is 5.54 Å². The largest absolute Gasteiger partial charge is 0.468 e. The Morgan fingerprint density at radius 1 is 1.69 bits per heavy atom. The summed E-state index contributed by atoms with van der Waals surface area (Å²) in [5.74, 6) is -0.228. The lowest BCUT2D eigenvalue weighted by Crippen LogP contribution is -2.49. The van der Waals surface area contributed by atoms with Crippen LogP contribution in [0.15, 0.2) is 12.3 Å². The number of aromatic nitrogens is 2. The van der Waals surface area contributed by atoms with Gasteiger partial charge in [-0.05, 0) is 19.4 Å². The molecule has 1 rings (SSSR count). The molecule has 2 N–H and O–H groups in total. The third kappa shape index (κ3) is 3.06. The smallest absolute Gasteiger partial charge is 0.325 e. The fourth-order valence-corrected chi connectivity index (χ4v) is 1.66. The molecule has 1 aromatic heterocycles. The Labute approximate surface area is 95.6 Å². The monoisotopic (exact) mass is 225 g/mol. The zero-order chi connectivity index (χ0) is 12.0. The summed E-state index contributed by atoms with van der Waals surface area (Å²) in [5.41, 5.74) is 0.320. The molecule has 1 atom stereocenters. The van der Waals surface area contributed by atoms with Crippen molar-refractivity contribution < 1.29 is 9.53 Å². The lowest BCUT2D eigenvalue weighted by atomic mass is 9.96. The van der Waals surface area contributed by atoms with Gasteiger partial charge in [0.25, 0.3) is 0 Å². The number of nitrogens with zero attached hydrogens (tertiary/aromatic N) is 1. The van der Waals surface area contributed by atoms with Crippen LogP contribution in [0, 0.1) is 0 Å². The van der Waals surface area contributed by atoms with Crippen LogP contribution in [0.3, 0.4) is 0 Å². The molecule has 0 aromatic carbocycles. The first-order chi connectivity index (χ1) is 7.62. The Morgan fingerprint density at radius 3 is 2.94 bits per heavy atom. The van der Waals surface area contributed by atoms with E-state index in [0.717, 1.165) is 18.5 Å². The Hall–Kier alpha value is -1.36. The number of nitrogens with one attached hydrogen (secondary N) is 2. The molecule has 1 unspecified atom stereocenters. The summed E-state index contributed by atoms with van der Waals surface area (Å²) in [6, 6.07) is 1.87. The molecule has 1 aromatic rings. The average molecular weight is 225 g/mol. The molecule has 0 spiro atoms. The predicted octanol–water partition coefficient (Wildman–Crippen LogP) is 1.23. The van der Waals surface area contributed by atoms with Gasteiger partial charge >= 0.3 is 5.97 Å². The van der Waals surface area contributed by atoms with Crippen molar-refractivity contribution in [1.82, 2.24) is 15.5 Å². The van der Waals surface area contributed by atoms with Gasteiger partial charge < -0.3 is 4.74 Å². The summed E-state index contributed by atoms with van der Waals surface area (Å²) in [6.45, 7) is 4.48. The normalized spacial score (nSPS) is 14.4. The first-order valence-corrected chi connectivity index (χ1v) is 5.44. The van der Waals surface area contributed by atoms with Gasteiger partial charge in [-0.1, -0.05) is 13.3 Å². The van der Waals surface area contributed by atoms with Crippen LogP contribution in [0.1, 0.15) is 32.4 Å². The number of rotatable bonds is 6. The van der Waals surface area contributed by atoms with Gasteiger partial charge in [0, 0.05) is 18.4 Å². The number of methoxy groups -OCH3 is 1. The topological polar surface area (TPSA) is 67.0 Å². The van der Waals surface area contributed by atoms with Crippen molar-refractivity contribution in [2.45, 2.75) is 38.8 Å². The Morgan fingerprint density at radius 2 is 2.44 bits per heavy atom. The third-order valence-corrected chi connectivity index (χ3v) is 2.61. The van der Waals surface area contributed by atoms with E-state index in [9.17, 15) is 4.79 Å². The lowest BCUT2D eigenvalue weighted by Gasteiger charge is -2.27. The quantitative estimate of drug-likeness (QED) is 0.715. The number of H-pyrrole nitrogens is 1. The van der Waals surface area contributed by atoms with Crippen molar-refractivity contribution in [3.63, 3.8) is 0 Å². The van der Waals surface area contributed by atoms with Gasteiger partial charge in [-0.3, -0.25) is 15.2 Å². The van der Waals surface area contributed by atoms with Crippen LogP contribution in [0.5, 0.6) is 0 Å². The van der Waals surface area contributed by atoms with Crippen LogP contribution in [0.4, 0.5) is 0 Å². The summed E-state index contributed by atoms with van der Waals surface area (Å²) >= 11 is 0. The average Bonchev–Trinajstić information content (AvgIpc) is 2.78. The number of carbonyl (C=O) groups excluding carboxylic acids is 1. The second-order valence-electron chi connectivity index (χ2n) is 4.01. The molecule has 0 aliphatic carbocycles. The molecule has 0 saturated carbocycles. The molecule has 0 saturated heterocycles. The van der Waals surface area contributed by atoms with E-state index in [1.807, 2.05) is 19.9 Å². The first-order valence-electron chi connectivity index (χ1n) is 5.44. The van der Waals surface area contributed by atoms with E-state index in [1.54, 1.807) is 6.20 Å². The van der Waals surface area contributed by atoms with Crippen molar-refractivity contribution in [3.8, 4) is 0 Å². The highest BCUT2D eigenvalue weighted by molar-refractivity contribution is 5.80.